The lowest BCUT2D eigenvalue weighted by Gasteiger charge is -2.32. The second-order valence-corrected chi connectivity index (χ2v) is 8.39. The minimum Gasteiger partial charge on any atom is -0.482 e. The first-order chi connectivity index (χ1) is 15.1. The Balaban J connectivity index is 1.24. The highest BCUT2D eigenvalue weighted by molar-refractivity contribution is 6.01. The van der Waals surface area contributed by atoms with E-state index in [9.17, 15) is 9.59 Å². The van der Waals surface area contributed by atoms with Crippen molar-refractivity contribution in [2.24, 2.45) is 0 Å². The van der Waals surface area contributed by atoms with Crippen molar-refractivity contribution < 1.29 is 14.3 Å². The van der Waals surface area contributed by atoms with Gasteiger partial charge in [0.2, 0.25) is 0 Å². The maximum atomic E-state index is 12.8. The lowest BCUT2D eigenvalue weighted by atomic mass is 9.87. The van der Waals surface area contributed by atoms with Crippen LogP contribution in [0.4, 0.5) is 5.69 Å². The van der Waals surface area contributed by atoms with E-state index in [2.05, 4.69) is 45.5 Å². The summed E-state index contributed by atoms with van der Waals surface area (Å²) >= 11 is 0. The van der Waals surface area contributed by atoms with E-state index in [1.807, 2.05) is 6.92 Å². The molecule has 2 aromatic carbocycles. The Bertz CT molecular complexity index is 1170. The molecule has 6 heteroatoms. The summed E-state index contributed by atoms with van der Waals surface area (Å²) in [6.45, 7) is 4.19. The largest absolute Gasteiger partial charge is 0.482 e. The molecule has 2 aliphatic rings. The highest BCUT2D eigenvalue weighted by Gasteiger charge is 2.24. The summed E-state index contributed by atoms with van der Waals surface area (Å²) in [6, 6.07) is 15.9. The number of aryl methyl sites for hydroxylation is 1. The SMILES string of the molecule is Cc1ccc2c(C3CCN(CC(=O)c4ccc5c(c4)NC(=O)CO5)CC3)cccc2n1. The zero-order valence-corrected chi connectivity index (χ0v) is 17.6. The number of aromatic nitrogens is 1. The van der Waals surface area contributed by atoms with Crippen LogP contribution < -0.4 is 10.1 Å². The monoisotopic (exact) mass is 415 g/mol. The van der Waals surface area contributed by atoms with Crippen LogP contribution in [0.5, 0.6) is 5.75 Å². The van der Waals surface area contributed by atoms with E-state index < -0.39 is 0 Å². The Labute approximate surface area is 181 Å². The highest BCUT2D eigenvalue weighted by Crippen LogP contribution is 2.33. The molecule has 1 aromatic heterocycles. The number of fused-ring (bicyclic) bond motifs is 2. The van der Waals surface area contributed by atoms with Crippen molar-refractivity contribution in [1.29, 1.82) is 0 Å². The Morgan fingerprint density at radius 2 is 2.00 bits per heavy atom. The molecule has 3 heterocycles. The number of Topliss-reactive ketones (excluding diaryl/α,β-unsaturated/α-hetero) is 1. The standard InChI is InChI=1S/C25H25N3O3/c1-16-5-7-20-19(3-2-4-21(20)26-16)17-9-11-28(12-10-17)14-23(29)18-6-8-24-22(13-18)27-25(30)15-31-24/h2-8,13,17H,9-12,14-15H2,1H3,(H,27,30). The molecular weight excluding hydrogens is 390 g/mol. The second-order valence-electron chi connectivity index (χ2n) is 8.39. The summed E-state index contributed by atoms with van der Waals surface area (Å²) in [5.41, 5.74) is 4.62. The van der Waals surface area contributed by atoms with Crippen LogP contribution in [0.2, 0.25) is 0 Å². The number of nitrogens with zero attached hydrogens (tertiary/aromatic N) is 2. The molecule has 3 aromatic rings. The number of piperidine rings is 1. The Morgan fingerprint density at radius 1 is 1.16 bits per heavy atom. The van der Waals surface area contributed by atoms with Crippen molar-refractivity contribution in [2.75, 3.05) is 31.6 Å². The van der Waals surface area contributed by atoms with Gasteiger partial charge >= 0.3 is 0 Å². The Kier molecular flexibility index (Phi) is 5.16. The number of amides is 1. The van der Waals surface area contributed by atoms with E-state index in [-0.39, 0.29) is 18.3 Å². The zero-order chi connectivity index (χ0) is 21.4. The maximum Gasteiger partial charge on any atom is 0.262 e. The van der Waals surface area contributed by atoms with Crippen LogP contribution in [0.15, 0.2) is 48.5 Å². The molecular formula is C25H25N3O3. The number of anilines is 1. The molecule has 1 amide bonds. The lowest BCUT2D eigenvalue weighted by molar-refractivity contribution is -0.118. The van der Waals surface area contributed by atoms with E-state index in [0.717, 1.165) is 37.1 Å². The summed E-state index contributed by atoms with van der Waals surface area (Å²) in [4.78, 5) is 31.3. The predicted octanol–water partition coefficient (Wildman–Crippen LogP) is 3.94. The van der Waals surface area contributed by atoms with Gasteiger partial charge in [-0.1, -0.05) is 18.2 Å². The third-order valence-electron chi connectivity index (χ3n) is 6.23. The molecule has 1 fully saturated rings. The normalized spacial score (nSPS) is 17.1. The van der Waals surface area contributed by atoms with Crippen LogP contribution in [-0.4, -0.2) is 47.8 Å². The number of carbonyl (C=O) groups excluding carboxylic acids is 2. The number of nitrogens with one attached hydrogen (secondary N) is 1. The Hall–Kier alpha value is -3.25. The Morgan fingerprint density at radius 3 is 2.84 bits per heavy atom. The zero-order valence-electron chi connectivity index (χ0n) is 17.6. The quantitative estimate of drug-likeness (QED) is 0.654. The van der Waals surface area contributed by atoms with Crippen molar-refractivity contribution in [2.45, 2.75) is 25.7 Å². The maximum absolute atomic E-state index is 12.8. The van der Waals surface area contributed by atoms with Crippen molar-refractivity contribution in [3.63, 3.8) is 0 Å². The van der Waals surface area contributed by atoms with E-state index in [0.29, 0.717) is 29.5 Å². The average Bonchev–Trinajstić information content (AvgIpc) is 2.78. The van der Waals surface area contributed by atoms with E-state index in [1.165, 1.54) is 10.9 Å². The van der Waals surface area contributed by atoms with E-state index in [1.54, 1.807) is 18.2 Å². The molecule has 1 saturated heterocycles. The summed E-state index contributed by atoms with van der Waals surface area (Å²) in [5.74, 6) is 0.955. The van der Waals surface area contributed by atoms with Crippen molar-refractivity contribution in [3.8, 4) is 5.75 Å². The molecule has 1 N–H and O–H groups in total. The lowest BCUT2D eigenvalue weighted by Crippen LogP contribution is -2.37. The molecule has 0 saturated carbocycles. The van der Waals surface area contributed by atoms with E-state index >= 15 is 0 Å². The van der Waals surface area contributed by atoms with Gasteiger partial charge in [-0.15, -0.1) is 0 Å². The second kappa shape index (κ2) is 8.12. The summed E-state index contributed by atoms with van der Waals surface area (Å²) in [7, 11) is 0. The van der Waals surface area contributed by atoms with Gasteiger partial charge in [0.15, 0.2) is 12.4 Å². The molecule has 0 bridgehead atoms. The minimum atomic E-state index is -0.196. The first-order valence-corrected chi connectivity index (χ1v) is 10.8. The number of ether oxygens (including phenoxy) is 1. The number of carbonyl (C=O) groups is 2. The van der Waals surface area contributed by atoms with Gasteiger partial charge < -0.3 is 10.1 Å². The molecule has 6 nitrogen and oxygen atoms in total. The van der Waals surface area contributed by atoms with Crippen molar-refractivity contribution >= 4 is 28.3 Å². The number of ketones is 1. The highest BCUT2D eigenvalue weighted by atomic mass is 16.5. The molecule has 31 heavy (non-hydrogen) atoms. The molecule has 0 aliphatic carbocycles. The molecule has 158 valence electrons. The number of likely N-dealkylation sites (tertiary alicyclic amines) is 1. The third-order valence-corrected chi connectivity index (χ3v) is 6.23. The topological polar surface area (TPSA) is 71.5 Å². The van der Waals surface area contributed by atoms with Gasteiger partial charge in [0.25, 0.3) is 5.91 Å². The summed E-state index contributed by atoms with van der Waals surface area (Å²) in [5, 5.41) is 4.00. The van der Waals surface area contributed by atoms with Gasteiger partial charge in [-0.3, -0.25) is 19.5 Å². The van der Waals surface area contributed by atoms with Crippen LogP contribution in [0.25, 0.3) is 10.9 Å². The van der Waals surface area contributed by atoms with Crippen LogP contribution in [0.1, 0.15) is 40.4 Å². The average molecular weight is 415 g/mol. The smallest absolute Gasteiger partial charge is 0.262 e. The molecule has 0 unspecified atom stereocenters. The molecule has 0 atom stereocenters. The van der Waals surface area contributed by atoms with Gasteiger partial charge in [-0.05, 0) is 74.7 Å². The molecule has 2 aliphatic heterocycles. The molecule has 0 spiro atoms. The minimum absolute atomic E-state index is 0.0155. The molecule has 0 radical (unpaired) electrons. The van der Waals surface area contributed by atoms with E-state index in [4.69, 9.17) is 4.74 Å². The van der Waals surface area contributed by atoms with Gasteiger partial charge in [0.1, 0.15) is 5.75 Å². The third kappa shape index (κ3) is 4.03. The summed E-state index contributed by atoms with van der Waals surface area (Å²) < 4.78 is 5.37. The fourth-order valence-electron chi connectivity index (χ4n) is 4.59. The van der Waals surface area contributed by atoms with Gasteiger partial charge in [-0.2, -0.15) is 0 Å². The number of hydrogen-bond donors (Lipinski definition) is 1. The van der Waals surface area contributed by atoms with Gasteiger partial charge in [0, 0.05) is 16.6 Å². The van der Waals surface area contributed by atoms with Crippen molar-refractivity contribution in [3.05, 3.63) is 65.4 Å². The number of pyridine rings is 1. The van der Waals surface area contributed by atoms with Gasteiger partial charge in [0.05, 0.1) is 17.7 Å². The van der Waals surface area contributed by atoms with Gasteiger partial charge in [-0.25, -0.2) is 0 Å². The number of benzene rings is 2. The number of rotatable bonds is 4. The fourth-order valence-corrected chi connectivity index (χ4v) is 4.59. The van der Waals surface area contributed by atoms with Crippen LogP contribution >= 0.6 is 0 Å². The molecule has 5 rings (SSSR count). The first kappa shape index (κ1) is 19.7. The predicted molar refractivity (Wildman–Crippen MR) is 120 cm³/mol. The summed E-state index contributed by atoms with van der Waals surface area (Å²) in [6.07, 6.45) is 2.04. The van der Waals surface area contributed by atoms with Crippen LogP contribution in [-0.2, 0) is 4.79 Å². The first-order valence-electron chi connectivity index (χ1n) is 10.8. The van der Waals surface area contributed by atoms with Crippen LogP contribution in [0, 0.1) is 6.92 Å². The van der Waals surface area contributed by atoms with Crippen molar-refractivity contribution in [1.82, 2.24) is 9.88 Å². The van der Waals surface area contributed by atoms with Crippen LogP contribution in [0.3, 0.4) is 0 Å². The fraction of sp³-hybridized carbons (Fsp3) is 0.320. The number of hydrogen-bond acceptors (Lipinski definition) is 5.